The van der Waals surface area contributed by atoms with E-state index in [1.54, 1.807) is 0 Å². The zero-order valence-corrected chi connectivity index (χ0v) is 11.8. The lowest BCUT2D eigenvalue weighted by Crippen LogP contribution is -2.51. The third-order valence-electron chi connectivity index (χ3n) is 4.14. The molecule has 0 amide bonds. The molecule has 2 bridgehead atoms. The van der Waals surface area contributed by atoms with Crippen LogP contribution in [0.4, 0.5) is 17.6 Å². The van der Waals surface area contributed by atoms with Crippen molar-refractivity contribution in [1.82, 2.24) is 0 Å². The summed E-state index contributed by atoms with van der Waals surface area (Å²) in [6, 6.07) is 0. The first kappa shape index (κ1) is 16.5. The van der Waals surface area contributed by atoms with E-state index in [4.69, 9.17) is 0 Å². The molecular weight excluding hydrogens is 320 g/mol. The zero-order valence-electron chi connectivity index (χ0n) is 11.0. The lowest BCUT2D eigenvalue weighted by Gasteiger charge is -2.27. The number of hydrogen-bond donors (Lipinski definition) is 0. The van der Waals surface area contributed by atoms with Gasteiger partial charge in [-0.25, -0.2) is 0 Å². The van der Waals surface area contributed by atoms with Gasteiger partial charge in [-0.05, 0) is 31.1 Å². The van der Waals surface area contributed by atoms with Gasteiger partial charge in [-0.1, -0.05) is 6.42 Å². The van der Waals surface area contributed by atoms with E-state index in [0.717, 1.165) is 6.42 Å². The number of ether oxygens (including phenoxy) is 1. The molecule has 0 N–H and O–H groups in total. The Morgan fingerprint density at radius 3 is 2.19 bits per heavy atom. The topological polar surface area (TPSA) is 69.7 Å². The molecule has 2 saturated carbocycles. The zero-order chi connectivity index (χ0) is 16.1. The first-order valence-corrected chi connectivity index (χ1v) is 7.71. The summed E-state index contributed by atoms with van der Waals surface area (Å²) in [4.78, 5) is 11.6. The minimum absolute atomic E-state index is 0.161. The minimum Gasteiger partial charge on any atom is -0.395 e. The van der Waals surface area contributed by atoms with Crippen LogP contribution < -0.4 is 0 Å². The molecule has 2 aliphatic rings. The summed E-state index contributed by atoms with van der Waals surface area (Å²) in [6.07, 6.45) is -2.97. The van der Waals surface area contributed by atoms with Crippen LogP contribution in [0, 0.1) is 17.8 Å². The molecule has 0 spiro atoms. The van der Waals surface area contributed by atoms with Gasteiger partial charge < -0.3 is 4.74 Å². The third-order valence-corrected chi connectivity index (χ3v) is 5.45. The Labute approximate surface area is 118 Å². The number of carbonyl (C=O) groups excluding carboxylic acids is 1. The fourth-order valence-electron chi connectivity index (χ4n) is 3.05. The molecule has 5 nitrogen and oxygen atoms in total. The quantitative estimate of drug-likeness (QED) is 0.438. The van der Waals surface area contributed by atoms with Gasteiger partial charge in [0.2, 0.25) is 0 Å². The highest BCUT2D eigenvalue weighted by Crippen LogP contribution is 2.50. The van der Waals surface area contributed by atoms with Crippen molar-refractivity contribution < 1.29 is 39.7 Å². The largest absolute Gasteiger partial charge is 0.485 e. The van der Waals surface area contributed by atoms with Gasteiger partial charge in [0, 0.05) is 0 Å². The number of esters is 1. The second-order valence-corrected chi connectivity index (χ2v) is 7.11. The van der Waals surface area contributed by atoms with E-state index in [1.807, 2.05) is 0 Å². The maximum absolute atomic E-state index is 13.4. The van der Waals surface area contributed by atoms with Crippen LogP contribution in [0.1, 0.15) is 25.7 Å². The summed E-state index contributed by atoms with van der Waals surface area (Å²) in [5.41, 5.74) is 0. The Bertz CT molecular complexity index is 533. The van der Waals surface area contributed by atoms with E-state index in [9.17, 15) is 30.8 Å². The van der Waals surface area contributed by atoms with Crippen molar-refractivity contribution in [2.24, 2.45) is 17.8 Å². The number of fused-ring (bicyclic) bond motifs is 2. The number of rotatable bonds is 5. The average Bonchev–Trinajstić information content (AvgIpc) is 2.99. The van der Waals surface area contributed by atoms with Crippen molar-refractivity contribution in [2.75, 3.05) is 7.11 Å². The molecule has 0 radical (unpaired) electrons. The lowest BCUT2D eigenvalue weighted by molar-refractivity contribution is -0.304. The van der Waals surface area contributed by atoms with Gasteiger partial charge in [-0.3, -0.25) is 8.98 Å². The standard InChI is InChI=1S/C11H14F4O5S/c1-19-21(17,18)11(14,15)10(12,13)20-9(16)8-5-6-2-3-7(8)4-6/h6-8H,2-5H2,1H3. The Morgan fingerprint density at radius 2 is 1.76 bits per heavy atom. The van der Waals surface area contributed by atoms with Gasteiger partial charge in [-0.15, -0.1) is 0 Å². The number of carbonyl (C=O) groups is 1. The second-order valence-electron chi connectivity index (χ2n) is 5.36. The maximum atomic E-state index is 13.4. The molecule has 0 aromatic carbocycles. The van der Waals surface area contributed by atoms with Crippen molar-refractivity contribution >= 4 is 16.1 Å². The average molecular weight is 334 g/mol. The summed E-state index contributed by atoms with van der Waals surface area (Å²) < 4.78 is 82.0. The molecule has 2 fully saturated rings. The molecule has 122 valence electrons. The van der Waals surface area contributed by atoms with E-state index < -0.39 is 33.4 Å². The van der Waals surface area contributed by atoms with Crippen molar-refractivity contribution in [3.8, 4) is 0 Å². The molecule has 0 aromatic rings. The second kappa shape index (κ2) is 5.08. The van der Waals surface area contributed by atoms with Gasteiger partial charge in [0.15, 0.2) is 0 Å². The van der Waals surface area contributed by atoms with Gasteiger partial charge in [0.1, 0.15) is 0 Å². The molecule has 0 heterocycles. The van der Waals surface area contributed by atoms with Gasteiger partial charge in [0.05, 0.1) is 13.0 Å². The molecule has 10 heteroatoms. The summed E-state index contributed by atoms with van der Waals surface area (Å²) in [6.45, 7) is 0. The van der Waals surface area contributed by atoms with Crippen molar-refractivity contribution in [2.45, 2.75) is 37.0 Å². The van der Waals surface area contributed by atoms with Crippen molar-refractivity contribution in [3.05, 3.63) is 0 Å². The molecule has 0 aromatic heterocycles. The number of hydrogen-bond acceptors (Lipinski definition) is 5. The lowest BCUT2D eigenvalue weighted by atomic mass is 9.89. The summed E-state index contributed by atoms with van der Waals surface area (Å²) in [7, 11) is -5.58. The fourth-order valence-corrected chi connectivity index (χ4v) is 3.59. The first-order chi connectivity index (χ1) is 9.52. The molecule has 3 unspecified atom stereocenters. The number of halogens is 4. The molecule has 21 heavy (non-hydrogen) atoms. The maximum Gasteiger partial charge on any atom is 0.485 e. The summed E-state index contributed by atoms with van der Waals surface area (Å²) in [5.74, 6) is -2.32. The van der Waals surface area contributed by atoms with E-state index in [2.05, 4.69) is 8.92 Å². The van der Waals surface area contributed by atoms with E-state index in [0.29, 0.717) is 26.4 Å². The molecular formula is C11H14F4O5S. The highest BCUT2D eigenvalue weighted by Gasteiger charge is 2.70. The van der Waals surface area contributed by atoms with Crippen LogP contribution in [0.3, 0.4) is 0 Å². The molecule has 0 saturated heterocycles. The van der Waals surface area contributed by atoms with Crippen LogP contribution >= 0.6 is 0 Å². The smallest absolute Gasteiger partial charge is 0.395 e. The van der Waals surface area contributed by atoms with Crippen LogP contribution in [-0.2, 0) is 23.8 Å². The van der Waals surface area contributed by atoms with E-state index in [1.165, 1.54) is 0 Å². The van der Waals surface area contributed by atoms with Crippen LogP contribution in [-0.4, -0.2) is 32.9 Å². The molecule has 2 aliphatic carbocycles. The molecule has 0 aliphatic heterocycles. The highest BCUT2D eigenvalue weighted by atomic mass is 32.2. The molecule has 2 rings (SSSR count). The SMILES string of the molecule is COS(=O)(=O)C(F)(F)C(F)(F)OC(=O)C1CC2CCC1C2. The third kappa shape index (κ3) is 2.63. The van der Waals surface area contributed by atoms with E-state index >= 15 is 0 Å². The van der Waals surface area contributed by atoms with Crippen molar-refractivity contribution in [3.63, 3.8) is 0 Å². The van der Waals surface area contributed by atoms with Crippen LogP contribution in [0.5, 0.6) is 0 Å². The summed E-state index contributed by atoms with van der Waals surface area (Å²) in [5, 5.41) is -5.65. The predicted molar refractivity (Wildman–Crippen MR) is 60.9 cm³/mol. The van der Waals surface area contributed by atoms with Gasteiger partial charge >= 0.3 is 27.5 Å². The van der Waals surface area contributed by atoms with E-state index in [-0.39, 0.29) is 11.8 Å². The fraction of sp³-hybridized carbons (Fsp3) is 0.909. The highest BCUT2D eigenvalue weighted by molar-refractivity contribution is 7.87. The van der Waals surface area contributed by atoms with Crippen LogP contribution in [0.15, 0.2) is 0 Å². The Kier molecular flexibility index (Phi) is 3.98. The monoisotopic (exact) mass is 334 g/mol. The Hall–Kier alpha value is -0.900. The van der Waals surface area contributed by atoms with Gasteiger partial charge in [0.25, 0.3) is 0 Å². The van der Waals surface area contributed by atoms with Crippen LogP contribution in [0.2, 0.25) is 0 Å². The Morgan fingerprint density at radius 1 is 1.14 bits per heavy atom. The number of alkyl halides is 4. The first-order valence-electron chi connectivity index (χ1n) is 6.30. The summed E-state index contributed by atoms with van der Waals surface area (Å²) >= 11 is 0. The Balaban J connectivity index is 2.12. The normalized spacial score (nSPS) is 29.7. The van der Waals surface area contributed by atoms with Crippen LogP contribution in [0.25, 0.3) is 0 Å². The minimum atomic E-state index is -5.90. The van der Waals surface area contributed by atoms with Crippen molar-refractivity contribution in [1.29, 1.82) is 0 Å². The van der Waals surface area contributed by atoms with Gasteiger partial charge in [-0.2, -0.15) is 26.0 Å². The molecule has 3 atom stereocenters. The predicted octanol–water partition coefficient (Wildman–Crippen LogP) is 2.13.